The van der Waals surface area contributed by atoms with Gasteiger partial charge in [0.25, 0.3) is 0 Å². The minimum absolute atomic E-state index is 0.0729. The van der Waals surface area contributed by atoms with Crippen LogP contribution < -0.4 is 5.32 Å². The van der Waals surface area contributed by atoms with Crippen LogP contribution in [-0.2, 0) is 19.1 Å². The lowest BCUT2D eigenvalue weighted by Crippen LogP contribution is -2.24. The molecule has 0 rings (SSSR count). The molecule has 5 nitrogen and oxygen atoms in total. The van der Waals surface area contributed by atoms with Crippen molar-refractivity contribution in [1.29, 1.82) is 0 Å². The van der Waals surface area contributed by atoms with Gasteiger partial charge in [0.1, 0.15) is 12.7 Å². The zero-order chi connectivity index (χ0) is 26.5. The number of nitrogens with one attached hydrogen (secondary N) is 1. The molecule has 0 heterocycles. The van der Waals surface area contributed by atoms with Crippen LogP contribution in [0.4, 0.5) is 0 Å². The quantitative estimate of drug-likeness (QED) is 0.0683. The minimum atomic E-state index is -0.111. The van der Waals surface area contributed by atoms with E-state index in [9.17, 15) is 9.59 Å². The molecule has 1 N–H and O–H groups in total. The first-order valence-electron chi connectivity index (χ1n) is 15.3. The van der Waals surface area contributed by atoms with Gasteiger partial charge >= 0.3 is 11.9 Å². The van der Waals surface area contributed by atoms with E-state index < -0.39 is 0 Å². The number of carbonyl (C=O) groups excluding carboxylic acids is 2. The largest absolute Gasteiger partial charge is 0.462 e. The van der Waals surface area contributed by atoms with Crippen LogP contribution in [0, 0.1) is 0 Å². The van der Waals surface area contributed by atoms with Crippen molar-refractivity contribution >= 4 is 11.9 Å². The summed E-state index contributed by atoms with van der Waals surface area (Å²) >= 11 is 0. The van der Waals surface area contributed by atoms with Crippen LogP contribution in [0.15, 0.2) is 12.2 Å². The third kappa shape index (κ3) is 25.7. The lowest BCUT2D eigenvalue weighted by Gasteiger charge is -2.18. The van der Waals surface area contributed by atoms with Gasteiger partial charge in [0.05, 0.1) is 6.42 Å². The number of carbonyl (C=O) groups is 2. The Morgan fingerprint density at radius 2 is 1.25 bits per heavy atom. The predicted molar refractivity (Wildman–Crippen MR) is 152 cm³/mol. The van der Waals surface area contributed by atoms with Crippen LogP contribution in [0.3, 0.4) is 0 Å². The number of esters is 2. The second-order valence-electron chi connectivity index (χ2n) is 10.1. The maximum absolute atomic E-state index is 12.3. The van der Waals surface area contributed by atoms with Gasteiger partial charge in [0.15, 0.2) is 0 Å². The Kier molecular flexibility index (Phi) is 27.1. The van der Waals surface area contributed by atoms with Gasteiger partial charge < -0.3 is 14.8 Å². The van der Waals surface area contributed by atoms with Crippen LogP contribution >= 0.6 is 0 Å². The smallest absolute Gasteiger partial charge is 0.307 e. The number of ether oxygens (including phenoxy) is 2. The molecular weight excluding hydrogens is 450 g/mol. The number of hydrogen-bond acceptors (Lipinski definition) is 5. The molecule has 0 atom stereocenters. The Morgan fingerprint density at radius 3 is 1.89 bits per heavy atom. The first-order valence-corrected chi connectivity index (χ1v) is 15.3. The van der Waals surface area contributed by atoms with Gasteiger partial charge in [0, 0.05) is 13.0 Å². The summed E-state index contributed by atoms with van der Waals surface area (Å²) in [6.45, 7) is 8.57. The van der Waals surface area contributed by atoms with E-state index >= 15 is 0 Å². The van der Waals surface area contributed by atoms with Crippen molar-refractivity contribution in [3.63, 3.8) is 0 Å². The lowest BCUT2D eigenvalue weighted by molar-refractivity contribution is -0.149. The van der Waals surface area contributed by atoms with Gasteiger partial charge in [-0.15, -0.1) is 0 Å². The maximum atomic E-state index is 12.3. The third-order valence-electron chi connectivity index (χ3n) is 6.53. The minimum Gasteiger partial charge on any atom is -0.462 e. The van der Waals surface area contributed by atoms with Gasteiger partial charge in [-0.05, 0) is 57.9 Å². The van der Waals surface area contributed by atoms with E-state index in [4.69, 9.17) is 9.47 Å². The van der Waals surface area contributed by atoms with Crippen molar-refractivity contribution in [1.82, 2.24) is 5.32 Å². The monoisotopic (exact) mass is 509 g/mol. The normalized spacial score (nSPS) is 11.4. The molecule has 0 aliphatic carbocycles. The van der Waals surface area contributed by atoms with Crippen LogP contribution in [-0.4, -0.2) is 37.7 Å². The second-order valence-corrected chi connectivity index (χ2v) is 10.1. The molecule has 0 fully saturated rings. The Bertz CT molecular complexity index is 509. The zero-order valence-electron chi connectivity index (χ0n) is 24.1. The highest BCUT2D eigenvalue weighted by molar-refractivity contribution is 5.70. The topological polar surface area (TPSA) is 64.6 Å². The lowest BCUT2D eigenvalue weighted by atomic mass is 10.0. The molecule has 0 saturated carbocycles. The van der Waals surface area contributed by atoms with E-state index in [0.717, 1.165) is 57.9 Å². The first-order chi connectivity index (χ1) is 17.6. The first kappa shape index (κ1) is 34.6. The number of hydrogen-bond donors (Lipinski definition) is 1. The summed E-state index contributed by atoms with van der Waals surface area (Å²) in [6.07, 6.45) is 25.8. The summed E-state index contributed by atoms with van der Waals surface area (Å²) in [5.74, 6) is -0.184. The highest BCUT2D eigenvalue weighted by Gasteiger charge is 2.14. The molecule has 212 valence electrons. The molecule has 0 aliphatic heterocycles. The zero-order valence-corrected chi connectivity index (χ0v) is 24.1. The van der Waals surface area contributed by atoms with Gasteiger partial charge in [-0.3, -0.25) is 9.59 Å². The van der Waals surface area contributed by atoms with Crippen molar-refractivity contribution in [2.75, 3.05) is 19.7 Å². The molecule has 36 heavy (non-hydrogen) atoms. The number of allylic oxidation sites excluding steroid dienone is 1. The predicted octanol–water partition coefficient (Wildman–Crippen LogP) is 8.45. The molecule has 5 heteroatoms. The van der Waals surface area contributed by atoms with E-state index in [1.807, 2.05) is 6.08 Å². The number of unbranched alkanes of at least 4 members (excludes halogenated alkanes) is 12. The standard InChI is InChI=1S/C31H59NO4/c1-4-7-10-13-14-15-21-28-35-30(33)24-19-16-20-26-32-27-25-31(34)36-29(22-17-11-8-5-2)23-18-12-9-6-3/h15,21,29,32H,4-14,16-20,22-28H2,1-3H3/b21-15-. The fraction of sp³-hybridized carbons (Fsp3) is 0.871. The third-order valence-corrected chi connectivity index (χ3v) is 6.53. The number of rotatable bonds is 27. The molecule has 0 saturated heterocycles. The summed E-state index contributed by atoms with van der Waals surface area (Å²) in [4.78, 5) is 24.1. The Morgan fingerprint density at radius 1 is 0.639 bits per heavy atom. The van der Waals surface area contributed by atoms with E-state index in [1.165, 1.54) is 64.2 Å². The van der Waals surface area contributed by atoms with Gasteiger partial charge in [0.2, 0.25) is 0 Å². The van der Waals surface area contributed by atoms with Gasteiger partial charge in [-0.25, -0.2) is 0 Å². The Balaban J connectivity index is 3.73. The second kappa shape index (κ2) is 28.2. The van der Waals surface area contributed by atoms with Crippen molar-refractivity contribution in [3.05, 3.63) is 12.2 Å². The van der Waals surface area contributed by atoms with Crippen molar-refractivity contribution in [2.45, 2.75) is 155 Å². The van der Waals surface area contributed by atoms with E-state index in [1.54, 1.807) is 0 Å². The SMILES string of the molecule is CCCCCC/C=C\COC(=O)CCCCCNCCC(=O)OC(CCCCCC)CCCCCC. The maximum Gasteiger partial charge on any atom is 0.307 e. The van der Waals surface area contributed by atoms with Crippen LogP contribution in [0.1, 0.15) is 149 Å². The molecule has 0 amide bonds. The van der Waals surface area contributed by atoms with E-state index in [2.05, 4.69) is 32.2 Å². The van der Waals surface area contributed by atoms with Gasteiger partial charge in [-0.2, -0.15) is 0 Å². The van der Waals surface area contributed by atoms with Gasteiger partial charge in [-0.1, -0.05) is 97.1 Å². The van der Waals surface area contributed by atoms with E-state index in [0.29, 0.717) is 26.0 Å². The molecular formula is C31H59NO4. The van der Waals surface area contributed by atoms with Crippen molar-refractivity contribution in [2.24, 2.45) is 0 Å². The van der Waals surface area contributed by atoms with Crippen LogP contribution in [0.5, 0.6) is 0 Å². The molecule has 0 radical (unpaired) electrons. The average molecular weight is 510 g/mol. The Labute approximate surface area is 223 Å². The Hall–Kier alpha value is -1.36. The summed E-state index contributed by atoms with van der Waals surface area (Å²) in [5.41, 5.74) is 0. The molecule has 0 bridgehead atoms. The molecule has 0 unspecified atom stereocenters. The molecule has 0 aromatic rings. The van der Waals surface area contributed by atoms with Crippen LogP contribution in [0.25, 0.3) is 0 Å². The van der Waals surface area contributed by atoms with Crippen molar-refractivity contribution < 1.29 is 19.1 Å². The van der Waals surface area contributed by atoms with Crippen LogP contribution in [0.2, 0.25) is 0 Å². The van der Waals surface area contributed by atoms with Crippen molar-refractivity contribution in [3.8, 4) is 0 Å². The highest BCUT2D eigenvalue weighted by atomic mass is 16.5. The highest BCUT2D eigenvalue weighted by Crippen LogP contribution is 2.16. The molecule has 0 aromatic carbocycles. The summed E-state index contributed by atoms with van der Waals surface area (Å²) in [6, 6.07) is 0. The fourth-order valence-corrected chi connectivity index (χ4v) is 4.20. The summed E-state index contributed by atoms with van der Waals surface area (Å²) in [5, 5.41) is 3.34. The molecule has 0 spiro atoms. The average Bonchev–Trinajstić information content (AvgIpc) is 2.87. The fourth-order valence-electron chi connectivity index (χ4n) is 4.20. The molecule has 0 aromatic heterocycles. The van der Waals surface area contributed by atoms with E-state index in [-0.39, 0.29) is 18.0 Å². The summed E-state index contributed by atoms with van der Waals surface area (Å²) in [7, 11) is 0. The summed E-state index contributed by atoms with van der Waals surface area (Å²) < 4.78 is 11.1. The molecule has 0 aliphatic rings.